The third-order valence-electron chi connectivity index (χ3n) is 4.46. The number of ether oxygens (including phenoxy) is 5. The lowest BCUT2D eigenvalue weighted by Crippen LogP contribution is -2.18. The van der Waals surface area contributed by atoms with E-state index in [1.54, 1.807) is 36.4 Å². The minimum atomic E-state index is -0.650. The summed E-state index contributed by atoms with van der Waals surface area (Å²) < 4.78 is 26.8. The Morgan fingerprint density at radius 1 is 1.12 bits per heavy atom. The standard InChI is InChI=1S/C22H25NO8S/c24-8-10-27-17-4-1-3-15(11-17)18(5-2-9-28-21(25)13-32)31-22(26)23-16-6-7-19-20(12-16)30-14-29-19/h1,3-4,6-7,11-12,18,24,32H,2,5,8-10,13-14H2,(H,23,26)/t18-/m0/s1. The molecule has 32 heavy (non-hydrogen) atoms. The molecule has 1 aliphatic rings. The highest BCUT2D eigenvalue weighted by Gasteiger charge is 2.19. The number of thiol groups is 1. The molecule has 1 atom stereocenters. The predicted molar refractivity (Wildman–Crippen MR) is 118 cm³/mol. The largest absolute Gasteiger partial charge is 0.491 e. The van der Waals surface area contributed by atoms with E-state index in [2.05, 4.69) is 17.9 Å². The minimum absolute atomic E-state index is 0.00209. The predicted octanol–water partition coefficient (Wildman–Crippen LogP) is 3.33. The Balaban J connectivity index is 1.65. The fraction of sp³-hybridized carbons (Fsp3) is 0.364. The number of rotatable bonds is 11. The molecule has 0 unspecified atom stereocenters. The van der Waals surface area contributed by atoms with Gasteiger partial charge in [0, 0.05) is 11.8 Å². The number of nitrogens with one attached hydrogen (secondary N) is 1. The average molecular weight is 464 g/mol. The minimum Gasteiger partial charge on any atom is -0.491 e. The molecule has 1 aliphatic heterocycles. The molecule has 2 aromatic carbocycles. The number of hydrogen-bond donors (Lipinski definition) is 3. The normalized spacial score (nSPS) is 12.7. The lowest BCUT2D eigenvalue weighted by atomic mass is 10.0. The van der Waals surface area contributed by atoms with Crippen LogP contribution in [0.1, 0.15) is 24.5 Å². The van der Waals surface area contributed by atoms with Crippen LogP contribution in [0.5, 0.6) is 17.2 Å². The second kappa shape index (κ2) is 12.1. The quantitative estimate of drug-likeness (QED) is 0.264. The van der Waals surface area contributed by atoms with Crippen molar-refractivity contribution in [3.8, 4) is 17.2 Å². The highest BCUT2D eigenvalue weighted by atomic mass is 32.1. The number of hydrogen-bond acceptors (Lipinski definition) is 9. The van der Waals surface area contributed by atoms with Gasteiger partial charge in [-0.15, -0.1) is 0 Å². The van der Waals surface area contributed by atoms with Gasteiger partial charge in [-0.05, 0) is 42.7 Å². The molecule has 2 N–H and O–H groups in total. The van der Waals surface area contributed by atoms with Crippen LogP contribution < -0.4 is 19.5 Å². The molecular weight excluding hydrogens is 438 g/mol. The number of carbonyl (C=O) groups excluding carboxylic acids is 2. The van der Waals surface area contributed by atoms with Gasteiger partial charge in [0.15, 0.2) is 11.5 Å². The summed E-state index contributed by atoms with van der Waals surface area (Å²) in [7, 11) is 0. The Morgan fingerprint density at radius 3 is 2.78 bits per heavy atom. The number of aliphatic hydroxyl groups is 1. The van der Waals surface area contributed by atoms with Crippen LogP contribution in [-0.2, 0) is 14.3 Å². The fourth-order valence-electron chi connectivity index (χ4n) is 3.01. The Kier molecular flexibility index (Phi) is 8.88. The molecule has 0 fully saturated rings. The van der Waals surface area contributed by atoms with Gasteiger partial charge in [0.25, 0.3) is 0 Å². The first kappa shape index (κ1) is 23.6. The van der Waals surface area contributed by atoms with Crippen molar-refractivity contribution in [1.82, 2.24) is 0 Å². The first-order chi connectivity index (χ1) is 15.6. The number of esters is 1. The zero-order valence-electron chi connectivity index (χ0n) is 17.3. The monoisotopic (exact) mass is 463 g/mol. The molecule has 172 valence electrons. The molecule has 3 rings (SSSR count). The summed E-state index contributed by atoms with van der Waals surface area (Å²) in [6.45, 7) is 0.361. The van der Waals surface area contributed by atoms with Crippen molar-refractivity contribution in [2.75, 3.05) is 37.7 Å². The molecule has 0 aliphatic carbocycles. The second-order valence-electron chi connectivity index (χ2n) is 6.75. The van der Waals surface area contributed by atoms with Crippen LogP contribution in [0.25, 0.3) is 0 Å². The topological polar surface area (TPSA) is 113 Å². The Morgan fingerprint density at radius 2 is 1.97 bits per heavy atom. The number of anilines is 1. The van der Waals surface area contributed by atoms with E-state index in [4.69, 9.17) is 28.8 Å². The molecule has 9 nitrogen and oxygen atoms in total. The Bertz CT molecular complexity index is 923. The van der Waals surface area contributed by atoms with Gasteiger partial charge in [0.1, 0.15) is 18.5 Å². The van der Waals surface area contributed by atoms with Crippen molar-refractivity contribution in [3.63, 3.8) is 0 Å². The highest BCUT2D eigenvalue weighted by Crippen LogP contribution is 2.34. The summed E-state index contributed by atoms with van der Waals surface area (Å²) in [5.74, 6) is 1.28. The maximum absolute atomic E-state index is 12.6. The summed E-state index contributed by atoms with van der Waals surface area (Å²) in [5.41, 5.74) is 1.21. The van der Waals surface area contributed by atoms with E-state index in [-0.39, 0.29) is 32.4 Å². The van der Waals surface area contributed by atoms with E-state index in [1.165, 1.54) is 0 Å². The van der Waals surface area contributed by atoms with Crippen molar-refractivity contribution in [2.24, 2.45) is 0 Å². The van der Waals surface area contributed by atoms with E-state index in [0.29, 0.717) is 41.3 Å². The van der Waals surface area contributed by atoms with E-state index < -0.39 is 18.2 Å². The highest BCUT2D eigenvalue weighted by molar-refractivity contribution is 7.81. The van der Waals surface area contributed by atoms with Gasteiger partial charge in [-0.25, -0.2) is 4.79 Å². The van der Waals surface area contributed by atoms with Crippen LogP contribution in [0, 0.1) is 0 Å². The van der Waals surface area contributed by atoms with Gasteiger partial charge in [-0.3, -0.25) is 10.1 Å². The molecule has 0 saturated heterocycles. The Labute approximate surface area is 191 Å². The van der Waals surface area contributed by atoms with Crippen LogP contribution in [0.15, 0.2) is 42.5 Å². The smallest absolute Gasteiger partial charge is 0.412 e. The fourth-order valence-corrected chi connectivity index (χ4v) is 3.10. The summed E-state index contributed by atoms with van der Waals surface area (Å²) in [4.78, 5) is 23.9. The molecule has 2 aromatic rings. The van der Waals surface area contributed by atoms with Gasteiger partial charge < -0.3 is 28.8 Å². The first-order valence-corrected chi connectivity index (χ1v) is 10.7. The zero-order chi connectivity index (χ0) is 22.8. The molecule has 0 bridgehead atoms. The maximum atomic E-state index is 12.6. The number of carbonyl (C=O) groups is 2. The van der Waals surface area contributed by atoms with Crippen molar-refractivity contribution in [3.05, 3.63) is 48.0 Å². The van der Waals surface area contributed by atoms with Crippen molar-refractivity contribution >= 4 is 30.4 Å². The van der Waals surface area contributed by atoms with E-state index in [0.717, 1.165) is 0 Å². The Hall–Kier alpha value is -3.11. The lowest BCUT2D eigenvalue weighted by molar-refractivity contribution is -0.140. The number of fused-ring (bicyclic) bond motifs is 1. The average Bonchev–Trinajstić information content (AvgIpc) is 3.27. The zero-order valence-corrected chi connectivity index (χ0v) is 18.2. The van der Waals surface area contributed by atoms with Gasteiger partial charge in [-0.1, -0.05) is 12.1 Å². The van der Waals surface area contributed by atoms with Crippen LogP contribution in [0.2, 0.25) is 0 Å². The summed E-state index contributed by atoms with van der Waals surface area (Å²) in [6.07, 6.45) is -0.375. The second-order valence-corrected chi connectivity index (χ2v) is 7.07. The molecule has 0 aromatic heterocycles. The van der Waals surface area contributed by atoms with Crippen molar-refractivity contribution in [1.29, 1.82) is 0 Å². The van der Waals surface area contributed by atoms with Gasteiger partial charge >= 0.3 is 12.1 Å². The SMILES string of the molecule is O=C(CS)OCCC[C@H](OC(=O)Nc1ccc2c(c1)OCO2)c1cccc(OCCO)c1. The molecule has 1 amide bonds. The van der Waals surface area contributed by atoms with Crippen LogP contribution in [0.4, 0.5) is 10.5 Å². The number of aliphatic hydroxyl groups excluding tert-OH is 1. The van der Waals surface area contributed by atoms with Crippen molar-refractivity contribution in [2.45, 2.75) is 18.9 Å². The molecule has 1 heterocycles. The van der Waals surface area contributed by atoms with Crippen molar-refractivity contribution < 1.29 is 38.4 Å². The van der Waals surface area contributed by atoms with E-state index in [1.807, 2.05) is 6.07 Å². The summed E-state index contributed by atoms with van der Waals surface area (Å²) in [6, 6.07) is 12.1. The maximum Gasteiger partial charge on any atom is 0.412 e. The molecule has 0 spiro atoms. The third kappa shape index (κ3) is 6.96. The third-order valence-corrected chi connectivity index (χ3v) is 4.72. The molecule has 0 saturated carbocycles. The van der Waals surface area contributed by atoms with Crippen LogP contribution >= 0.6 is 12.6 Å². The van der Waals surface area contributed by atoms with Gasteiger partial charge in [0.2, 0.25) is 6.79 Å². The number of benzene rings is 2. The summed E-state index contributed by atoms with van der Waals surface area (Å²) in [5, 5.41) is 11.6. The number of amides is 1. The molecule has 10 heteroatoms. The van der Waals surface area contributed by atoms with E-state index >= 15 is 0 Å². The van der Waals surface area contributed by atoms with Crippen LogP contribution in [0.3, 0.4) is 0 Å². The first-order valence-electron chi connectivity index (χ1n) is 10.1. The van der Waals surface area contributed by atoms with Gasteiger partial charge in [-0.2, -0.15) is 12.6 Å². The van der Waals surface area contributed by atoms with Crippen LogP contribution in [-0.4, -0.2) is 49.5 Å². The van der Waals surface area contributed by atoms with Gasteiger partial charge in [0.05, 0.1) is 19.0 Å². The summed E-state index contributed by atoms with van der Waals surface area (Å²) >= 11 is 3.87. The molecule has 0 radical (unpaired) electrons. The van der Waals surface area contributed by atoms with E-state index in [9.17, 15) is 9.59 Å². The lowest BCUT2D eigenvalue weighted by Gasteiger charge is -2.19. The molecular formula is C22H25NO8S.